The van der Waals surface area contributed by atoms with Gasteiger partial charge in [0.25, 0.3) is 0 Å². The van der Waals surface area contributed by atoms with E-state index in [0.29, 0.717) is 6.54 Å². The van der Waals surface area contributed by atoms with Gasteiger partial charge in [-0.3, -0.25) is 0 Å². The monoisotopic (exact) mass is 353 g/mol. The van der Waals surface area contributed by atoms with Gasteiger partial charge in [0.15, 0.2) is 0 Å². The zero-order valence-corrected chi connectivity index (χ0v) is 13.5. The minimum Gasteiger partial charge on any atom is -0.207 e. The molecule has 0 unspecified atom stereocenters. The summed E-state index contributed by atoms with van der Waals surface area (Å²) in [7, 11) is -3.47. The minimum atomic E-state index is -3.47. The number of halogens is 1. The molecular formula is C15H16BrNO2S. The van der Waals surface area contributed by atoms with Crippen LogP contribution in [0.1, 0.15) is 18.1 Å². The van der Waals surface area contributed by atoms with Crippen LogP contribution in [0.25, 0.3) is 0 Å². The summed E-state index contributed by atoms with van der Waals surface area (Å²) in [5, 5.41) is 0. The maximum Gasteiger partial charge on any atom is 0.240 e. The van der Waals surface area contributed by atoms with E-state index in [1.54, 1.807) is 24.3 Å². The van der Waals surface area contributed by atoms with Crippen LogP contribution in [0.4, 0.5) is 0 Å². The van der Waals surface area contributed by atoms with Gasteiger partial charge in [-0.05, 0) is 41.8 Å². The molecule has 106 valence electrons. The average molecular weight is 354 g/mol. The normalized spacial score (nSPS) is 11.5. The molecule has 3 nitrogen and oxygen atoms in total. The van der Waals surface area contributed by atoms with E-state index in [0.717, 1.165) is 22.0 Å². The van der Waals surface area contributed by atoms with Gasteiger partial charge in [0.1, 0.15) is 0 Å². The molecule has 0 heterocycles. The van der Waals surface area contributed by atoms with Crippen LogP contribution in [-0.2, 0) is 23.0 Å². The predicted molar refractivity (Wildman–Crippen MR) is 84.0 cm³/mol. The topological polar surface area (TPSA) is 46.2 Å². The lowest BCUT2D eigenvalue weighted by Crippen LogP contribution is -2.23. The molecule has 0 aliphatic rings. The van der Waals surface area contributed by atoms with Gasteiger partial charge in [0, 0.05) is 11.0 Å². The molecule has 0 fully saturated rings. The van der Waals surface area contributed by atoms with Crippen LogP contribution >= 0.6 is 15.9 Å². The Bertz CT molecular complexity index is 681. The molecule has 0 amide bonds. The van der Waals surface area contributed by atoms with E-state index in [2.05, 4.69) is 27.6 Å². The molecule has 0 radical (unpaired) electrons. The second-order valence-electron chi connectivity index (χ2n) is 4.40. The van der Waals surface area contributed by atoms with E-state index < -0.39 is 10.0 Å². The maximum absolute atomic E-state index is 12.2. The molecule has 20 heavy (non-hydrogen) atoms. The molecule has 0 bridgehead atoms. The number of hydrogen-bond acceptors (Lipinski definition) is 2. The Kier molecular flexibility index (Phi) is 4.96. The lowest BCUT2D eigenvalue weighted by Gasteiger charge is -2.10. The van der Waals surface area contributed by atoms with Crippen LogP contribution in [0.15, 0.2) is 57.9 Å². The number of sulfonamides is 1. The Morgan fingerprint density at radius 3 is 2.20 bits per heavy atom. The van der Waals surface area contributed by atoms with Crippen molar-refractivity contribution >= 4 is 26.0 Å². The Labute approximate surface area is 128 Å². The summed E-state index contributed by atoms with van der Waals surface area (Å²) in [6.45, 7) is 2.37. The van der Waals surface area contributed by atoms with Crippen LogP contribution in [-0.4, -0.2) is 8.42 Å². The highest BCUT2D eigenvalue weighted by atomic mass is 79.9. The summed E-state index contributed by atoms with van der Waals surface area (Å²) in [6.07, 6.45) is 0.885. The van der Waals surface area contributed by atoms with Gasteiger partial charge in [-0.25, -0.2) is 13.1 Å². The lowest BCUT2D eigenvalue weighted by atomic mass is 10.1. The highest BCUT2D eigenvalue weighted by Gasteiger charge is 2.13. The van der Waals surface area contributed by atoms with Gasteiger partial charge in [0.05, 0.1) is 4.90 Å². The molecule has 1 N–H and O–H groups in total. The third-order valence-corrected chi connectivity index (χ3v) is 5.02. The molecule has 2 aromatic rings. The Balaban J connectivity index is 2.15. The van der Waals surface area contributed by atoms with Crippen molar-refractivity contribution in [3.8, 4) is 0 Å². The maximum atomic E-state index is 12.2. The molecule has 0 aromatic heterocycles. The second-order valence-corrected chi connectivity index (χ2v) is 7.08. The van der Waals surface area contributed by atoms with E-state index in [4.69, 9.17) is 0 Å². The highest BCUT2D eigenvalue weighted by molar-refractivity contribution is 9.10. The number of nitrogens with one attached hydrogen (secondary N) is 1. The van der Waals surface area contributed by atoms with Gasteiger partial charge in [-0.1, -0.05) is 47.1 Å². The fourth-order valence-electron chi connectivity index (χ4n) is 1.94. The van der Waals surface area contributed by atoms with Gasteiger partial charge >= 0.3 is 0 Å². The summed E-state index contributed by atoms with van der Waals surface area (Å²) in [6, 6.07) is 14.4. The molecule has 0 aliphatic carbocycles. The van der Waals surface area contributed by atoms with E-state index >= 15 is 0 Å². The largest absolute Gasteiger partial charge is 0.240 e. The van der Waals surface area contributed by atoms with Crippen LogP contribution in [0.5, 0.6) is 0 Å². The second kappa shape index (κ2) is 6.52. The van der Waals surface area contributed by atoms with Crippen LogP contribution in [0.2, 0.25) is 0 Å². The first-order valence-electron chi connectivity index (χ1n) is 6.35. The molecular weight excluding hydrogens is 338 g/mol. The van der Waals surface area contributed by atoms with Gasteiger partial charge in [-0.2, -0.15) is 0 Å². The first-order valence-corrected chi connectivity index (χ1v) is 8.62. The third kappa shape index (κ3) is 3.69. The number of benzene rings is 2. The van der Waals surface area contributed by atoms with Crippen molar-refractivity contribution in [2.45, 2.75) is 24.8 Å². The molecule has 0 saturated heterocycles. The van der Waals surface area contributed by atoms with Gasteiger partial charge in [-0.15, -0.1) is 0 Å². The summed E-state index contributed by atoms with van der Waals surface area (Å²) in [4.78, 5) is 0.273. The fourth-order valence-corrected chi connectivity index (χ4v) is 3.22. The predicted octanol–water partition coefficient (Wildman–Crippen LogP) is 3.49. The van der Waals surface area contributed by atoms with Crippen molar-refractivity contribution in [1.29, 1.82) is 0 Å². The smallest absolute Gasteiger partial charge is 0.207 e. The van der Waals surface area contributed by atoms with Crippen LogP contribution in [0, 0.1) is 0 Å². The molecule has 0 spiro atoms. The highest BCUT2D eigenvalue weighted by Crippen LogP contribution is 2.15. The van der Waals surface area contributed by atoms with Crippen LogP contribution < -0.4 is 4.72 Å². The Hall–Kier alpha value is -1.17. The molecule has 0 atom stereocenters. The molecule has 5 heteroatoms. The minimum absolute atomic E-state index is 0.273. The van der Waals surface area contributed by atoms with Crippen molar-refractivity contribution in [1.82, 2.24) is 4.72 Å². The van der Waals surface area contributed by atoms with E-state index in [-0.39, 0.29) is 4.90 Å². The van der Waals surface area contributed by atoms with Crippen molar-refractivity contribution in [2.75, 3.05) is 0 Å². The number of aryl methyl sites for hydroxylation is 1. The van der Waals surface area contributed by atoms with Gasteiger partial charge in [0.2, 0.25) is 10.0 Å². The standard InChI is InChI=1S/C15H16BrNO2S/c1-2-12-5-3-4-6-13(12)11-17-20(18,19)15-9-7-14(16)8-10-15/h3-10,17H,2,11H2,1H3. The molecule has 2 rings (SSSR count). The van der Waals surface area contributed by atoms with Crippen molar-refractivity contribution in [3.63, 3.8) is 0 Å². The summed E-state index contributed by atoms with van der Waals surface area (Å²) in [5.41, 5.74) is 2.17. The Morgan fingerprint density at radius 2 is 1.60 bits per heavy atom. The zero-order chi connectivity index (χ0) is 14.6. The van der Waals surface area contributed by atoms with Crippen molar-refractivity contribution in [2.24, 2.45) is 0 Å². The zero-order valence-electron chi connectivity index (χ0n) is 11.1. The summed E-state index contributed by atoms with van der Waals surface area (Å²) in [5.74, 6) is 0. The van der Waals surface area contributed by atoms with E-state index in [1.165, 1.54) is 0 Å². The summed E-state index contributed by atoms with van der Waals surface area (Å²) >= 11 is 3.29. The molecule has 0 saturated carbocycles. The van der Waals surface area contributed by atoms with E-state index in [9.17, 15) is 8.42 Å². The number of hydrogen-bond donors (Lipinski definition) is 1. The van der Waals surface area contributed by atoms with E-state index in [1.807, 2.05) is 24.3 Å². The quantitative estimate of drug-likeness (QED) is 0.894. The third-order valence-electron chi connectivity index (χ3n) is 3.08. The summed E-state index contributed by atoms with van der Waals surface area (Å²) < 4.78 is 27.9. The van der Waals surface area contributed by atoms with Crippen molar-refractivity contribution in [3.05, 3.63) is 64.1 Å². The lowest BCUT2D eigenvalue weighted by molar-refractivity contribution is 0.581. The van der Waals surface area contributed by atoms with Gasteiger partial charge < -0.3 is 0 Å². The van der Waals surface area contributed by atoms with Crippen molar-refractivity contribution < 1.29 is 8.42 Å². The first-order chi connectivity index (χ1) is 9.53. The Morgan fingerprint density at radius 1 is 1.00 bits per heavy atom. The first kappa shape index (κ1) is 15.2. The molecule has 2 aromatic carbocycles. The molecule has 0 aliphatic heterocycles. The van der Waals surface area contributed by atoms with Crippen LogP contribution in [0.3, 0.4) is 0 Å². The fraction of sp³-hybridized carbons (Fsp3) is 0.200. The number of rotatable bonds is 5. The SMILES string of the molecule is CCc1ccccc1CNS(=O)(=O)c1ccc(Br)cc1. The average Bonchev–Trinajstić information content (AvgIpc) is 2.46.